The van der Waals surface area contributed by atoms with Gasteiger partial charge >= 0.3 is 0 Å². The van der Waals surface area contributed by atoms with Crippen LogP contribution < -0.4 is 5.43 Å². The number of carbonyl (C=O) groups excluding carboxylic acids is 1. The molecule has 4 nitrogen and oxygen atoms in total. The van der Waals surface area contributed by atoms with Crippen molar-refractivity contribution in [2.75, 3.05) is 0 Å². The van der Waals surface area contributed by atoms with Crippen LogP contribution in [0.2, 0.25) is 10.0 Å². The summed E-state index contributed by atoms with van der Waals surface area (Å²) in [5.41, 5.74) is 3.70. The highest BCUT2D eigenvalue weighted by Crippen LogP contribution is 2.31. The number of hydrogen-bond acceptors (Lipinski definition) is 3. The largest absolute Gasteiger partial charge is 0.506 e. The van der Waals surface area contributed by atoms with Crippen LogP contribution in [0.1, 0.15) is 18.1 Å². The average molecular weight is 355 g/mol. The Labute approximate surface area is 142 Å². The fraction of sp³-hybridized carbons (Fsp3) is 0.125. The average Bonchev–Trinajstić information content (AvgIpc) is 2.50. The summed E-state index contributed by atoms with van der Waals surface area (Å²) in [7, 11) is 0. The van der Waals surface area contributed by atoms with E-state index in [2.05, 4.69) is 10.5 Å². The molecule has 2 aromatic carbocycles. The smallest absolute Gasteiger partial charge is 0.244 e. The number of phenols is 1. The highest BCUT2D eigenvalue weighted by molar-refractivity contribution is 6.36. The van der Waals surface area contributed by atoms with Crippen molar-refractivity contribution in [3.05, 3.63) is 63.4 Å². The van der Waals surface area contributed by atoms with Gasteiger partial charge in [0.25, 0.3) is 0 Å². The van der Waals surface area contributed by atoms with Gasteiger partial charge in [-0.3, -0.25) is 4.79 Å². The molecule has 0 aromatic heterocycles. The van der Waals surface area contributed by atoms with Crippen LogP contribution >= 0.6 is 23.2 Å². The molecule has 0 aliphatic carbocycles. The van der Waals surface area contributed by atoms with Crippen LogP contribution in [0.3, 0.4) is 0 Å². The SMILES string of the molecule is C/C(=N\NC(=O)Cc1ccc(F)cc1)c1cc(Cl)cc(Cl)c1O. The lowest BCUT2D eigenvalue weighted by atomic mass is 10.1. The Morgan fingerprint density at radius 3 is 2.57 bits per heavy atom. The molecule has 0 aliphatic heterocycles. The minimum Gasteiger partial charge on any atom is -0.506 e. The molecule has 2 N–H and O–H groups in total. The molecule has 0 radical (unpaired) electrons. The number of rotatable bonds is 4. The first-order valence-corrected chi connectivity index (χ1v) is 7.38. The van der Waals surface area contributed by atoms with Crippen molar-refractivity contribution in [1.82, 2.24) is 5.43 Å². The quantitative estimate of drug-likeness (QED) is 0.645. The lowest BCUT2D eigenvalue weighted by molar-refractivity contribution is -0.120. The van der Waals surface area contributed by atoms with Crippen molar-refractivity contribution >= 4 is 34.8 Å². The number of nitrogens with one attached hydrogen (secondary N) is 1. The predicted octanol–water partition coefficient (Wildman–Crippen LogP) is 3.92. The highest BCUT2D eigenvalue weighted by atomic mass is 35.5. The lowest BCUT2D eigenvalue weighted by Gasteiger charge is -2.07. The minimum absolute atomic E-state index is 0.0549. The zero-order chi connectivity index (χ0) is 17.0. The normalized spacial score (nSPS) is 11.4. The van der Waals surface area contributed by atoms with Crippen LogP contribution in [-0.4, -0.2) is 16.7 Å². The topological polar surface area (TPSA) is 61.7 Å². The van der Waals surface area contributed by atoms with Gasteiger partial charge in [0.15, 0.2) is 0 Å². The van der Waals surface area contributed by atoms with Crippen LogP contribution in [-0.2, 0) is 11.2 Å². The molecular weight excluding hydrogens is 342 g/mol. The summed E-state index contributed by atoms with van der Waals surface area (Å²) >= 11 is 11.7. The Bertz CT molecular complexity index is 761. The third-order valence-corrected chi connectivity index (χ3v) is 3.55. The summed E-state index contributed by atoms with van der Waals surface area (Å²) in [5, 5.41) is 14.3. The molecule has 0 spiro atoms. The first-order chi connectivity index (χ1) is 10.9. The third-order valence-electron chi connectivity index (χ3n) is 3.04. The van der Waals surface area contributed by atoms with Crippen molar-refractivity contribution in [2.24, 2.45) is 5.10 Å². The molecule has 2 aromatic rings. The van der Waals surface area contributed by atoms with Crippen molar-refractivity contribution in [3.63, 3.8) is 0 Å². The number of halogens is 3. The molecule has 0 saturated carbocycles. The van der Waals surface area contributed by atoms with E-state index in [9.17, 15) is 14.3 Å². The maximum absolute atomic E-state index is 12.8. The molecule has 0 heterocycles. The van der Waals surface area contributed by atoms with Gasteiger partial charge in [-0.2, -0.15) is 5.10 Å². The Kier molecular flexibility index (Phi) is 5.58. The van der Waals surface area contributed by atoms with E-state index in [0.29, 0.717) is 21.9 Å². The maximum Gasteiger partial charge on any atom is 0.244 e. The Morgan fingerprint density at radius 2 is 1.91 bits per heavy atom. The molecule has 0 unspecified atom stereocenters. The van der Waals surface area contributed by atoms with E-state index < -0.39 is 0 Å². The van der Waals surface area contributed by atoms with Gasteiger partial charge in [0.05, 0.1) is 17.2 Å². The monoisotopic (exact) mass is 354 g/mol. The van der Waals surface area contributed by atoms with E-state index in [4.69, 9.17) is 23.2 Å². The van der Waals surface area contributed by atoms with Crippen molar-refractivity contribution < 1.29 is 14.3 Å². The van der Waals surface area contributed by atoms with Gasteiger partial charge in [0, 0.05) is 10.6 Å². The summed E-state index contributed by atoms with van der Waals surface area (Å²) in [6.45, 7) is 1.60. The van der Waals surface area contributed by atoms with Gasteiger partial charge < -0.3 is 5.11 Å². The number of hydrazone groups is 1. The molecule has 1 amide bonds. The second-order valence-electron chi connectivity index (χ2n) is 4.82. The number of amides is 1. The molecule has 120 valence electrons. The molecule has 0 aliphatic rings. The van der Waals surface area contributed by atoms with Gasteiger partial charge in [0.2, 0.25) is 5.91 Å². The second-order valence-corrected chi connectivity index (χ2v) is 5.66. The van der Waals surface area contributed by atoms with E-state index in [0.717, 1.165) is 0 Å². The fourth-order valence-electron chi connectivity index (χ4n) is 1.88. The Hall–Kier alpha value is -2.11. The van der Waals surface area contributed by atoms with Crippen LogP contribution in [0.5, 0.6) is 5.75 Å². The fourth-order valence-corrected chi connectivity index (χ4v) is 2.37. The van der Waals surface area contributed by atoms with E-state index >= 15 is 0 Å². The van der Waals surface area contributed by atoms with Crippen molar-refractivity contribution in [2.45, 2.75) is 13.3 Å². The van der Waals surface area contributed by atoms with Crippen molar-refractivity contribution in [1.29, 1.82) is 0 Å². The Balaban J connectivity index is 2.07. The molecule has 0 fully saturated rings. The predicted molar refractivity (Wildman–Crippen MR) is 88.6 cm³/mol. The maximum atomic E-state index is 12.8. The highest BCUT2D eigenvalue weighted by Gasteiger charge is 2.11. The molecule has 23 heavy (non-hydrogen) atoms. The van der Waals surface area contributed by atoms with Gasteiger partial charge in [-0.15, -0.1) is 0 Å². The van der Waals surface area contributed by atoms with Crippen LogP contribution in [0, 0.1) is 5.82 Å². The van der Waals surface area contributed by atoms with E-state index in [1.165, 1.54) is 36.4 Å². The zero-order valence-corrected chi connectivity index (χ0v) is 13.6. The van der Waals surface area contributed by atoms with Gasteiger partial charge in [0.1, 0.15) is 11.6 Å². The summed E-state index contributed by atoms with van der Waals surface area (Å²) in [5.74, 6) is -0.898. The molecular formula is C16H13Cl2FN2O2. The number of carbonyl (C=O) groups is 1. The zero-order valence-electron chi connectivity index (χ0n) is 12.1. The van der Waals surface area contributed by atoms with E-state index in [1.807, 2.05) is 0 Å². The standard InChI is InChI=1S/C16H13Cl2FN2O2/c1-9(13-7-11(17)8-14(18)16(13)23)20-21-15(22)6-10-2-4-12(19)5-3-10/h2-5,7-8,23H,6H2,1H3,(H,21,22)/b20-9+. The van der Waals surface area contributed by atoms with E-state index in [-0.39, 0.29) is 28.9 Å². The summed E-state index contributed by atoms with van der Waals surface area (Å²) in [4.78, 5) is 11.8. The van der Waals surface area contributed by atoms with Crippen molar-refractivity contribution in [3.8, 4) is 5.75 Å². The minimum atomic E-state index is -0.372. The van der Waals surface area contributed by atoms with E-state index in [1.54, 1.807) is 6.92 Å². The summed E-state index contributed by atoms with van der Waals surface area (Å²) in [6.07, 6.45) is 0.0549. The van der Waals surface area contributed by atoms with Crippen LogP contribution in [0.25, 0.3) is 0 Å². The summed E-state index contributed by atoms with van der Waals surface area (Å²) < 4.78 is 12.8. The molecule has 0 bridgehead atoms. The molecule has 0 atom stereocenters. The number of phenolic OH excluding ortho intramolecular Hbond substituents is 1. The molecule has 0 saturated heterocycles. The molecule has 2 rings (SSSR count). The first kappa shape index (κ1) is 17.2. The van der Waals surface area contributed by atoms with Gasteiger partial charge in [-0.1, -0.05) is 35.3 Å². The molecule has 7 heteroatoms. The van der Waals surface area contributed by atoms with Crippen LogP contribution in [0.15, 0.2) is 41.5 Å². The number of hydrogen-bond donors (Lipinski definition) is 2. The van der Waals surface area contributed by atoms with Crippen LogP contribution in [0.4, 0.5) is 4.39 Å². The Morgan fingerprint density at radius 1 is 1.26 bits per heavy atom. The number of aromatic hydroxyl groups is 1. The second kappa shape index (κ2) is 7.44. The number of nitrogens with zero attached hydrogens (tertiary/aromatic N) is 1. The van der Waals surface area contributed by atoms with Gasteiger partial charge in [-0.25, -0.2) is 9.82 Å². The summed E-state index contributed by atoms with van der Waals surface area (Å²) in [6, 6.07) is 8.50. The lowest BCUT2D eigenvalue weighted by Crippen LogP contribution is -2.21. The number of benzene rings is 2. The third kappa shape index (κ3) is 4.68. The van der Waals surface area contributed by atoms with Gasteiger partial charge in [-0.05, 0) is 36.8 Å². The first-order valence-electron chi connectivity index (χ1n) is 6.63.